The molecule has 0 radical (unpaired) electrons. The summed E-state index contributed by atoms with van der Waals surface area (Å²) in [6, 6.07) is 19.5. The number of para-hydroxylation sites is 2. The minimum atomic E-state index is 0.427. The lowest BCUT2D eigenvalue weighted by atomic mass is 10.1. The molecule has 3 nitrogen and oxygen atoms in total. The fraction of sp³-hybridized carbons (Fsp3) is 0.238. The number of likely N-dealkylation sites (tertiary alicyclic amines) is 1. The second-order valence-corrected chi connectivity index (χ2v) is 7.70. The molecule has 4 heteroatoms. The van der Waals surface area contributed by atoms with Crippen molar-refractivity contribution in [1.29, 1.82) is 0 Å². The molecule has 1 aliphatic rings. The van der Waals surface area contributed by atoms with Gasteiger partial charge in [0.2, 0.25) is 0 Å². The summed E-state index contributed by atoms with van der Waals surface area (Å²) in [6.07, 6.45) is 4.32. The second-order valence-electron chi connectivity index (χ2n) is 6.64. The molecule has 0 N–H and O–H groups in total. The fourth-order valence-electron chi connectivity index (χ4n) is 3.84. The number of hydrogen-bond acceptors (Lipinski definition) is 4. The topological polar surface area (TPSA) is 29.0 Å². The number of rotatable bonds is 3. The molecule has 3 heterocycles. The van der Waals surface area contributed by atoms with Gasteiger partial charge in [0.05, 0.1) is 21.8 Å². The molecule has 0 saturated carbocycles. The minimum Gasteiger partial charge on any atom is -0.290 e. The first-order valence-electron chi connectivity index (χ1n) is 8.81. The van der Waals surface area contributed by atoms with Gasteiger partial charge in [0.15, 0.2) is 0 Å². The standard InChI is InChI=1S/C21H19N3S/c1-2-11-19-17(9-1)23-21(25-19)18-10-5-13-24(18)14-16-7-3-6-15-8-4-12-22-20(15)16/h1-4,6-9,11-12,18H,5,10,13-14H2. The van der Waals surface area contributed by atoms with Gasteiger partial charge in [-0.05, 0) is 43.1 Å². The van der Waals surface area contributed by atoms with Gasteiger partial charge in [-0.3, -0.25) is 9.88 Å². The van der Waals surface area contributed by atoms with Crippen LogP contribution < -0.4 is 0 Å². The number of hydrogen-bond donors (Lipinski definition) is 0. The van der Waals surface area contributed by atoms with Gasteiger partial charge in [0, 0.05) is 18.1 Å². The second kappa shape index (κ2) is 6.21. The van der Waals surface area contributed by atoms with E-state index in [1.54, 1.807) is 0 Å². The lowest BCUT2D eigenvalue weighted by Gasteiger charge is -2.23. The smallest absolute Gasteiger partial charge is 0.111 e. The van der Waals surface area contributed by atoms with E-state index >= 15 is 0 Å². The van der Waals surface area contributed by atoms with Crippen LogP contribution in [0.25, 0.3) is 21.1 Å². The SMILES string of the molecule is c1cnc2c(CN3CCCC3c3nc4ccccc4s3)cccc2c1. The Labute approximate surface area is 151 Å². The monoisotopic (exact) mass is 345 g/mol. The van der Waals surface area contributed by atoms with E-state index in [-0.39, 0.29) is 0 Å². The Kier molecular flexibility index (Phi) is 3.72. The molecule has 25 heavy (non-hydrogen) atoms. The maximum absolute atomic E-state index is 4.91. The third-order valence-corrected chi connectivity index (χ3v) is 6.19. The molecule has 1 atom stereocenters. The molecule has 0 amide bonds. The van der Waals surface area contributed by atoms with Crippen LogP contribution in [0.2, 0.25) is 0 Å². The molecule has 1 aliphatic heterocycles. The van der Waals surface area contributed by atoms with E-state index in [1.807, 2.05) is 23.6 Å². The fourth-order valence-corrected chi connectivity index (χ4v) is 4.98. The number of thiazole rings is 1. The quantitative estimate of drug-likeness (QED) is 0.512. The highest BCUT2D eigenvalue weighted by Gasteiger charge is 2.29. The zero-order chi connectivity index (χ0) is 16.6. The van der Waals surface area contributed by atoms with E-state index in [4.69, 9.17) is 4.98 Å². The van der Waals surface area contributed by atoms with Gasteiger partial charge in [-0.25, -0.2) is 4.98 Å². The van der Waals surface area contributed by atoms with E-state index in [2.05, 4.69) is 58.4 Å². The maximum Gasteiger partial charge on any atom is 0.111 e. The molecule has 1 fully saturated rings. The molecule has 4 aromatic rings. The van der Waals surface area contributed by atoms with Crippen molar-refractivity contribution < 1.29 is 0 Å². The summed E-state index contributed by atoms with van der Waals surface area (Å²) in [6.45, 7) is 2.07. The van der Waals surface area contributed by atoms with Crippen LogP contribution in [-0.2, 0) is 6.54 Å². The Morgan fingerprint density at radius 3 is 2.92 bits per heavy atom. The molecule has 1 unspecified atom stereocenters. The van der Waals surface area contributed by atoms with Crippen molar-refractivity contribution >= 4 is 32.5 Å². The van der Waals surface area contributed by atoms with Crippen molar-refractivity contribution in [3.05, 3.63) is 71.4 Å². The molecule has 0 spiro atoms. The maximum atomic E-state index is 4.91. The zero-order valence-electron chi connectivity index (χ0n) is 13.9. The summed E-state index contributed by atoms with van der Waals surface area (Å²) >= 11 is 1.84. The van der Waals surface area contributed by atoms with Crippen LogP contribution in [0.1, 0.15) is 29.5 Å². The van der Waals surface area contributed by atoms with Crippen molar-refractivity contribution in [3.63, 3.8) is 0 Å². The van der Waals surface area contributed by atoms with Gasteiger partial charge in [0.1, 0.15) is 5.01 Å². The Bertz CT molecular complexity index is 1000. The molecule has 1 saturated heterocycles. The molecule has 2 aromatic heterocycles. The minimum absolute atomic E-state index is 0.427. The number of nitrogens with zero attached hydrogens (tertiary/aromatic N) is 3. The largest absolute Gasteiger partial charge is 0.290 e. The molecule has 0 bridgehead atoms. The lowest BCUT2D eigenvalue weighted by Crippen LogP contribution is -2.22. The van der Waals surface area contributed by atoms with Gasteiger partial charge in [-0.15, -0.1) is 11.3 Å². The highest BCUT2D eigenvalue weighted by molar-refractivity contribution is 7.18. The Hall–Kier alpha value is -2.30. The highest BCUT2D eigenvalue weighted by Crippen LogP contribution is 2.37. The molecule has 124 valence electrons. The van der Waals surface area contributed by atoms with Crippen molar-refractivity contribution in [1.82, 2.24) is 14.9 Å². The highest BCUT2D eigenvalue weighted by atomic mass is 32.1. The molecular formula is C21H19N3S. The van der Waals surface area contributed by atoms with Crippen LogP contribution >= 0.6 is 11.3 Å². The first kappa shape index (κ1) is 15.0. The molecular weight excluding hydrogens is 326 g/mol. The van der Waals surface area contributed by atoms with Crippen LogP contribution in [0.5, 0.6) is 0 Å². The van der Waals surface area contributed by atoms with E-state index in [0.717, 1.165) is 24.1 Å². The van der Waals surface area contributed by atoms with Gasteiger partial charge < -0.3 is 0 Å². The molecule has 5 rings (SSSR count). The van der Waals surface area contributed by atoms with Gasteiger partial charge in [0.25, 0.3) is 0 Å². The van der Waals surface area contributed by atoms with Gasteiger partial charge >= 0.3 is 0 Å². The third-order valence-electron chi connectivity index (χ3n) is 5.05. The average molecular weight is 345 g/mol. The Balaban J connectivity index is 1.48. The number of aromatic nitrogens is 2. The summed E-state index contributed by atoms with van der Waals surface area (Å²) in [4.78, 5) is 12.1. The van der Waals surface area contributed by atoms with Crippen LogP contribution in [0.15, 0.2) is 60.8 Å². The van der Waals surface area contributed by atoms with Crippen LogP contribution in [-0.4, -0.2) is 21.4 Å². The van der Waals surface area contributed by atoms with Crippen molar-refractivity contribution in [3.8, 4) is 0 Å². The predicted molar refractivity (Wildman–Crippen MR) is 104 cm³/mol. The van der Waals surface area contributed by atoms with Crippen LogP contribution in [0, 0.1) is 0 Å². The van der Waals surface area contributed by atoms with Crippen molar-refractivity contribution in [2.75, 3.05) is 6.54 Å². The van der Waals surface area contributed by atoms with Crippen molar-refractivity contribution in [2.45, 2.75) is 25.4 Å². The first-order chi connectivity index (χ1) is 12.4. The number of fused-ring (bicyclic) bond motifs is 2. The van der Waals surface area contributed by atoms with Crippen LogP contribution in [0.3, 0.4) is 0 Å². The Morgan fingerprint density at radius 2 is 1.96 bits per heavy atom. The number of pyridine rings is 1. The molecule has 2 aromatic carbocycles. The third kappa shape index (κ3) is 2.71. The van der Waals surface area contributed by atoms with E-state index in [9.17, 15) is 0 Å². The van der Waals surface area contributed by atoms with Gasteiger partial charge in [-0.1, -0.05) is 36.4 Å². The van der Waals surface area contributed by atoms with E-state index < -0.39 is 0 Å². The number of benzene rings is 2. The molecule has 0 aliphatic carbocycles. The van der Waals surface area contributed by atoms with Gasteiger partial charge in [-0.2, -0.15) is 0 Å². The summed E-state index contributed by atoms with van der Waals surface area (Å²) < 4.78 is 1.29. The lowest BCUT2D eigenvalue weighted by molar-refractivity contribution is 0.249. The summed E-state index contributed by atoms with van der Waals surface area (Å²) in [5.41, 5.74) is 3.56. The van der Waals surface area contributed by atoms with Crippen LogP contribution in [0.4, 0.5) is 0 Å². The zero-order valence-corrected chi connectivity index (χ0v) is 14.7. The average Bonchev–Trinajstić information content (AvgIpc) is 3.28. The Morgan fingerprint density at radius 1 is 1.04 bits per heavy atom. The first-order valence-corrected chi connectivity index (χ1v) is 9.62. The summed E-state index contributed by atoms with van der Waals surface area (Å²) in [5.74, 6) is 0. The van der Waals surface area contributed by atoms with E-state index in [0.29, 0.717) is 6.04 Å². The van der Waals surface area contributed by atoms with Crippen molar-refractivity contribution in [2.24, 2.45) is 0 Å². The predicted octanol–water partition coefficient (Wildman–Crippen LogP) is 5.18. The normalized spacial score (nSPS) is 18.3. The summed E-state index contributed by atoms with van der Waals surface area (Å²) in [7, 11) is 0. The van der Waals surface area contributed by atoms with E-state index in [1.165, 1.54) is 33.5 Å². The summed E-state index contributed by atoms with van der Waals surface area (Å²) in [5, 5.41) is 2.47.